The summed E-state index contributed by atoms with van der Waals surface area (Å²) in [4.78, 5) is 0. The van der Waals surface area contributed by atoms with Gasteiger partial charge < -0.3 is 15.2 Å². The van der Waals surface area contributed by atoms with Gasteiger partial charge in [-0.05, 0) is 18.2 Å². The van der Waals surface area contributed by atoms with Crippen LogP contribution < -0.4 is 10.5 Å². The lowest BCUT2D eigenvalue weighted by atomic mass is 10.3. The van der Waals surface area contributed by atoms with Gasteiger partial charge in [0.2, 0.25) is 0 Å². The fraction of sp³-hybridized carbons (Fsp3) is 0.400. The Morgan fingerprint density at radius 3 is 2.73 bits per heavy atom. The van der Waals surface area contributed by atoms with E-state index in [0.29, 0.717) is 37.1 Å². The minimum absolute atomic E-state index is 0.474. The molecule has 1 aromatic carbocycles. The van der Waals surface area contributed by atoms with Gasteiger partial charge in [-0.15, -0.1) is 0 Å². The molecular formula is C10H13BrClNO2. The first-order chi connectivity index (χ1) is 7.24. The van der Waals surface area contributed by atoms with Crippen molar-refractivity contribution in [3.63, 3.8) is 0 Å². The molecule has 0 amide bonds. The van der Waals surface area contributed by atoms with Gasteiger partial charge in [0.25, 0.3) is 0 Å². The zero-order chi connectivity index (χ0) is 11.1. The van der Waals surface area contributed by atoms with Crippen molar-refractivity contribution in [1.29, 1.82) is 0 Å². The molecule has 0 aliphatic rings. The molecule has 0 aliphatic carbocycles. The molecule has 0 bridgehead atoms. The fourth-order valence-corrected chi connectivity index (χ4v) is 1.72. The van der Waals surface area contributed by atoms with E-state index in [1.165, 1.54) is 0 Å². The summed E-state index contributed by atoms with van der Waals surface area (Å²) in [6.45, 7) is 2.07. The third kappa shape index (κ3) is 4.84. The van der Waals surface area contributed by atoms with Crippen molar-refractivity contribution in [2.45, 2.75) is 0 Å². The van der Waals surface area contributed by atoms with Gasteiger partial charge in [-0.25, -0.2) is 0 Å². The molecule has 0 saturated heterocycles. The van der Waals surface area contributed by atoms with E-state index < -0.39 is 0 Å². The van der Waals surface area contributed by atoms with Crippen molar-refractivity contribution < 1.29 is 9.47 Å². The summed E-state index contributed by atoms with van der Waals surface area (Å²) < 4.78 is 11.5. The van der Waals surface area contributed by atoms with Crippen molar-refractivity contribution in [2.75, 3.05) is 26.4 Å². The van der Waals surface area contributed by atoms with E-state index >= 15 is 0 Å². The lowest BCUT2D eigenvalue weighted by Crippen LogP contribution is -2.13. The summed E-state index contributed by atoms with van der Waals surface area (Å²) in [6, 6.07) is 5.48. The average molecular weight is 295 g/mol. The van der Waals surface area contributed by atoms with Crippen molar-refractivity contribution >= 4 is 27.5 Å². The second-order valence-electron chi connectivity index (χ2n) is 2.82. The van der Waals surface area contributed by atoms with E-state index in [4.69, 9.17) is 26.8 Å². The van der Waals surface area contributed by atoms with Crippen LogP contribution in [0, 0.1) is 0 Å². The molecule has 0 atom stereocenters. The first-order valence-electron chi connectivity index (χ1n) is 4.59. The van der Waals surface area contributed by atoms with Crippen LogP contribution in [0.4, 0.5) is 0 Å². The van der Waals surface area contributed by atoms with Gasteiger partial charge in [-0.3, -0.25) is 0 Å². The predicted octanol–water partition coefficient (Wildman–Crippen LogP) is 2.46. The lowest BCUT2D eigenvalue weighted by Gasteiger charge is -2.08. The number of rotatable bonds is 6. The van der Waals surface area contributed by atoms with Crippen LogP contribution in [0.5, 0.6) is 5.75 Å². The summed E-state index contributed by atoms with van der Waals surface area (Å²) in [5.74, 6) is 0.663. The van der Waals surface area contributed by atoms with Crippen LogP contribution in [0.2, 0.25) is 5.02 Å². The minimum atomic E-state index is 0.474. The predicted molar refractivity (Wildman–Crippen MR) is 64.5 cm³/mol. The standard InChI is InChI=1S/C10H13BrClNO2/c11-8-1-2-10(9(12)7-8)15-6-5-14-4-3-13/h1-2,7H,3-6,13H2. The third-order valence-electron chi connectivity index (χ3n) is 1.64. The van der Waals surface area contributed by atoms with Gasteiger partial charge in [0.1, 0.15) is 12.4 Å². The van der Waals surface area contributed by atoms with E-state index in [0.717, 1.165) is 4.47 Å². The molecule has 0 unspecified atom stereocenters. The highest BCUT2D eigenvalue weighted by Crippen LogP contribution is 2.27. The molecule has 0 aromatic heterocycles. The lowest BCUT2D eigenvalue weighted by molar-refractivity contribution is 0.106. The van der Waals surface area contributed by atoms with Gasteiger partial charge >= 0.3 is 0 Å². The summed E-state index contributed by atoms with van der Waals surface area (Å²) in [5, 5.41) is 0.586. The Kier molecular flexibility index (Phi) is 6.02. The Balaban J connectivity index is 2.31. The average Bonchev–Trinajstić information content (AvgIpc) is 2.20. The fourth-order valence-electron chi connectivity index (χ4n) is 0.988. The van der Waals surface area contributed by atoms with Crippen LogP contribution in [-0.4, -0.2) is 26.4 Å². The SMILES string of the molecule is NCCOCCOc1ccc(Br)cc1Cl. The Morgan fingerprint density at radius 1 is 1.27 bits per heavy atom. The molecule has 0 fully saturated rings. The third-order valence-corrected chi connectivity index (χ3v) is 2.43. The minimum Gasteiger partial charge on any atom is -0.490 e. The zero-order valence-electron chi connectivity index (χ0n) is 8.21. The Bertz CT molecular complexity index is 309. The smallest absolute Gasteiger partial charge is 0.138 e. The van der Waals surface area contributed by atoms with Crippen molar-refractivity contribution in [3.05, 3.63) is 27.7 Å². The van der Waals surface area contributed by atoms with Gasteiger partial charge in [-0.2, -0.15) is 0 Å². The molecule has 0 saturated carbocycles. The topological polar surface area (TPSA) is 44.5 Å². The van der Waals surface area contributed by atoms with E-state index in [-0.39, 0.29) is 0 Å². The largest absolute Gasteiger partial charge is 0.490 e. The molecular weight excluding hydrogens is 281 g/mol. The summed E-state index contributed by atoms with van der Waals surface area (Å²) >= 11 is 9.27. The molecule has 84 valence electrons. The zero-order valence-corrected chi connectivity index (χ0v) is 10.6. The van der Waals surface area contributed by atoms with E-state index in [2.05, 4.69) is 15.9 Å². The van der Waals surface area contributed by atoms with Crippen molar-refractivity contribution in [3.8, 4) is 5.75 Å². The number of nitrogens with two attached hydrogens (primary N) is 1. The molecule has 1 aromatic rings. The Labute approximate surface area is 103 Å². The monoisotopic (exact) mass is 293 g/mol. The molecule has 0 heterocycles. The van der Waals surface area contributed by atoms with E-state index in [1.54, 1.807) is 6.07 Å². The van der Waals surface area contributed by atoms with E-state index in [9.17, 15) is 0 Å². The van der Waals surface area contributed by atoms with Crippen LogP contribution in [-0.2, 0) is 4.74 Å². The molecule has 15 heavy (non-hydrogen) atoms. The number of ether oxygens (including phenoxy) is 2. The number of hydrogen-bond acceptors (Lipinski definition) is 3. The van der Waals surface area contributed by atoms with Crippen LogP contribution in [0.25, 0.3) is 0 Å². The number of benzene rings is 1. The first-order valence-corrected chi connectivity index (χ1v) is 5.77. The van der Waals surface area contributed by atoms with Crippen LogP contribution >= 0.6 is 27.5 Å². The number of halogens is 2. The molecule has 0 radical (unpaired) electrons. The van der Waals surface area contributed by atoms with Gasteiger partial charge in [-0.1, -0.05) is 27.5 Å². The van der Waals surface area contributed by atoms with Gasteiger partial charge in [0.15, 0.2) is 0 Å². The highest BCUT2D eigenvalue weighted by molar-refractivity contribution is 9.10. The second kappa shape index (κ2) is 7.06. The normalized spacial score (nSPS) is 10.3. The van der Waals surface area contributed by atoms with Crippen molar-refractivity contribution in [2.24, 2.45) is 5.73 Å². The van der Waals surface area contributed by atoms with Crippen LogP contribution in [0.1, 0.15) is 0 Å². The van der Waals surface area contributed by atoms with Crippen molar-refractivity contribution in [1.82, 2.24) is 0 Å². The molecule has 2 N–H and O–H groups in total. The maximum absolute atomic E-state index is 5.95. The quantitative estimate of drug-likeness (QED) is 0.820. The summed E-state index contributed by atoms with van der Waals surface area (Å²) in [6.07, 6.45) is 0. The van der Waals surface area contributed by atoms with Gasteiger partial charge in [0, 0.05) is 11.0 Å². The molecule has 1 rings (SSSR count). The highest BCUT2D eigenvalue weighted by Gasteiger charge is 2.01. The maximum atomic E-state index is 5.95. The Hall–Kier alpha value is -0.290. The summed E-state index contributed by atoms with van der Waals surface area (Å²) in [5.41, 5.74) is 5.27. The first kappa shape index (κ1) is 12.8. The molecule has 0 aliphatic heterocycles. The van der Waals surface area contributed by atoms with Gasteiger partial charge in [0.05, 0.1) is 18.2 Å². The Morgan fingerprint density at radius 2 is 2.07 bits per heavy atom. The molecule has 0 spiro atoms. The van der Waals surface area contributed by atoms with Crippen LogP contribution in [0.15, 0.2) is 22.7 Å². The van der Waals surface area contributed by atoms with Crippen LogP contribution in [0.3, 0.4) is 0 Å². The highest BCUT2D eigenvalue weighted by atomic mass is 79.9. The van der Waals surface area contributed by atoms with E-state index in [1.807, 2.05) is 12.1 Å². The molecule has 5 heteroatoms. The molecule has 3 nitrogen and oxygen atoms in total. The second-order valence-corrected chi connectivity index (χ2v) is 4.15. The summed E-state index contributed by atoms with van der Waals surface area (Å²) in [7, 11) is 0. The number of hydrogen-bond donors (Lipinski definition) is 1. The maximum Gasteiger partial charge on any atom is 0.138 e.